The number of nitrogens with one attached hydrogen (secondary N) is 1. The van der Waals surface area contributed by atoms with Crippen LogP contribution < -0.4 is 11.2 Å². The number of phosphoric ester groups is 1. The number of rotatable bonds is 13. The van der Waals surface area contributed by atoms with Gasteiger partial charge in [-0.3, -0.25) is 37.5 Å². The van der Waals surface area contributed by atoms with Crippen molar-refractivity contribution in [3.8, 4) is 0 Å². The number of ether oxygens (including phenoxy) is 1. The number of carbonyl (C=O) groups excluding carboxylic acids is 2. The van der Waals surface area contributed by atoms with Crippen molar-refractivity contribution < 1.29 is 36.9 Å². The maximum atomic E-state index is 15.5. The third-order valence-corrected chi connectivity index (χ3v) is 10.0. The lowest BCUT2D eigenvalue weighted by Crippen LogP contribution is -2.44. The summed E-state index contributed by atoms with van der Waals surface area (Å²) < 4.78 is 52.3. The molecule has 1 fully saturated rings. The minimum Gasteiger partial charge on any atom is -0.345 e. The van der Waals surface area contributed by atoms with Gasteiger partial charge in [-0.15, -0.1) is 0 Å². The summed E-state index contributed by atoms with van der Waals surface area (Å²) in [6.07, 6.45) is -2.32. The van der Waals surface area contributed by atoms with Gasteiger partial charge in [-0.1, -0.05) is 77.1 Å². The van der Waals surface area contributed by atoms with Gasteiger partial charge in [0.05, 0.1) is 19.8 Å². The number of nitrogens with zero attached hydrogens (tertiary/aromatic N) is 4. The SMILES string of the molecule is C[C@H]1[C@@H](F)[C@H](n2ccc(=O)[nH]c2=O)O[C@]1(CN=[N+]=[N-])COP(=O)(OCCSC(=O)C(C)(C)C)OCSC(=O)C(C)(C)C. The van der Waals surface area contributed by atoms with E-state index in [1.54, 1.807) is 41.5 Å². The van der Waals surface area contributed by atoms with Gasteiger partial charge in [-0.25, -0.2) is 13.8 Å². The summed E-state index contributed by atoms with van der Waals surface area (Å²) in [5.41, 5.74) is 4.29. The molecule has 1 aromatic heterocycles. The van der Waals surface area contributed by atoms with Crippen LogP contribution in [0.15, 0.2) is 27.0 Å². The summed E-state index contributed by atoms with van der Waals surface area (Å²) in [5, 5.41) is 3.14. The smallest absolute Gasteiger partial charge is 0.345 e. The highest BCUT2D eigenvalue weighted by molar-refractivity contribution is 8.14. The third-order valence-electron chi connectivity index (χ3n) is 6.12. The normalized spacial score (nSPS) is 24.1. The molecule has 2 heterocycles. The summed E-state index contributed by atoms with van der Waals surface area (Å²) in [7, 11) is -4.46. The first-order chi connectivity index (χ1) is 19.3. The van der Waals surface area contributed by atoms with Crippen LogP contribution in [0.2, 0.25) is 0 Å². The van der Waals surface area contributed by atoms with E-state index in [9.17, 15) is 23.7 Å². The zero-order chi connectivity index (χ0) is 31.9. The van der Waals surface area contributed by atoms with Crippen molar-refractivity contribution in [2.45, 2.75) is 66.5 Å². The van der Waals surface area contributed by atoms with Crippen LogP contribution >= 0.6 is 31.3 Å². The Balaban J connectivity index is 2.28. The van der Waals surface area contributed by atoms with Crippen LogP contribution in [0, 0.1) is 16.7 Å². The Bertz CT molecular complexity index is 1340. The monoisotopic (exact) mass is 653 g/mol. The maximum absolute atomic E-state index is 15.5. The van der Waals surface area contributed by atoms with Crippen molar-refractivity contribution in [3.05, 3.63) is 43.5 Å². The van der Waals surface area contributed by atoms with Gasteiger partial charge < -0.3 is 4.74 Å². The van der Waals surface area contributed by atoms with Gasteiger partial charge in [-0.05, 0) is 5.53 Å². The number of halogens is 1. The average Bonchev–Trinajstić information content (AvgIpc) is 3.13. The van der Waals surface area contributed by atoms with Gasteiger partial charge >= 0.3 is 13.5 Å². The molecule has 18 heteroatoms. The van der Waals surface area contributed by atoms with Crippen LogP contribution in [0.1, 0.15) is 54.7 Å². The molecule has 0 saturated carbocycles. The lowest BCUT2D eigenvalue weighted by molar-refractivity contribution is -0.118. The molecular weight excluding hydrogens is 616 g/mol. The lowest BCUT2D eigenvalue weighted by Gasteiger charge is -2.32. The Kier molecular flexibility index (Phi) is 12.7. The fourth-order valence-corrected chi connectivity index (χ4v) is 6.58. The van der Waals surface area contributed by atoms with E-state index in [0.29, 0.717) is 0 Å². The van der Waals surface area contributed by atoms with Crippen LogP contribution in [0.5, 0.6) is 0 Å². The van der Waals surface area contributed by atoms with Crippen molar-refractivity contribution in [2.24, 2.45) is 21.9 Å². The molecule has 1 saturated heterocycles. The van der Waals surface area contributed by atoms with Gasteiger partial charge in [0, 0.05) is 39.7 Å². The van der Waals surface area contributed by atoms with Gasteiger partial charge in [0.25, 0.3) is 5.56 Å². The molecule has 1 aliphatic rings. The van der Waals surface area contributed by atoms with E-state index in [-0.39, 0.29) is 22.6 Å². The predicted molar refractivity (Wildman–Crippen MR) is 157 cm³/mol. The Hall–Kier alpha value is -1.97. The molecule has 42 heavy (non-hydrogen) atoms. The highest BCUT2D eigenvalue weighted by atomic mass is 32.2. The minimum absolute atomic E-state index is 0.113. The Morgan fingerprint density at radius 3 is 2.36 bits per heavy atom. The van der Waals surface area contributed by atoms with Crippen molar-refractivity contribution in [1.82, 2.24) is 9.55 Å². The van der Waals surface area contributed by atoms with Crippen molar-refractivity contribution >= 4 is 41.6 Å². The predicted octanol–water partition coefficient (Wildman–Crippen LogP) is 4.82. The number of thioether (sulfide) groups is 2. The zero-order valence-corrected chi connectivity index (χ0v) is 27.1. The number of carbonyl (C=O) groups is 2. The quantitative estimate of drug-likeness (QED) is 0.0767. The Morgan fingerprint density at radius 1 is 1.17 bits per heavy atom. The average molecular weight is 654 g/mol. The second kappa shape index (κ2) is 14.7. The third kappa shape index (κ3) is 9.78. The molecule has 0 radical (unpaired) electrons. The van der Waals surface area contributed by atoms with Crippen LogP contribution in [-0.4, -0.2) is 63.0 Å². The number of alkyl halides is 1. The van der Waals surface area contributed by atoms with Crippen LogP contribution in [-0.2, 0) is 32.5 Å². The molecule has 0 spiro atoms. The molecule has 1 aromatic rings. The largest absolute Gasteiger partial charge is 0.475 e. The standard InChI is InChI=1S/C24H37FN5O9PS2/c1-15-17(25)18(30-9-8-16(31)28-21(30)34)39-24(15,12-27-29-26)13-37-40(35,38-14-42-20(33)23(5,6)7)36-10-11-41-19(32)22(2,3)4/h8-9,15,17-18H,10-14H2,1-7H3,(H,28,31,34)/t15-,17+,18+,24+,40?/m0/s1. The molecular formula is C24H37FN5O9PS2. The van der Waals surface area contributed by atoms with Gasteiger partial charge in [0.15, 0.2) is 22.6 Å². The molecule has 1 aliphatic heterocycles. The number of azide groups is 1. The van der Waals surface area contributed by atoms with E-state index in [1.807, 2.05) is 4.98 Å². The molecule has 1 N–H and O–H groups in total. The number of H-pyrrole nitrogens is 1. The lowest BCUT2D eigenvalue weighted by atomic mass is 9.88. The van der Waals surface area contributed by atoms with Crippen molar-refractivity contribution in [1.29, 1.82) is 0 Å². The first-order valence-corrected chi connectivity index (χ1v) is 16.3. The van der Waals surface area contributed by atoms with Gasteiger partial charge in [0.2, 0.25) is 0 Å². The maximum Gasteiger partial charge on any atom is 0.475 e. The molecule has 0 bridgehead atoms. The summed E-state index contributed by atoms with van der Waals surface area (Å²) in [6.45, 7) is 10.4. The molecule has 2 rings (SSSR count). The van der Waals surface area contributed by atoms with E-state index < -0.39 is 72.9 Å². The summed E-state index contributed by atoms with van der Waals surface area (Å²) in [6, 6.07) is 1.01. The molecule has 5 atom stereocenters. The van der Waals surface area contributed by atoms with Gasteiger partial charge in [-0.2, -0.15) is 0 Å². The number of phosphoric acid groups is 1. The first-order valence-electron chi connectivity index (χ1n) is 12.9. The highest BCUT2D eigenvalue weighted by Gasteiger charge is 2.55. The van der Waals surface area contributed by atoms with E-state index in [2.05, 4.69) is 10.0 Å². The molecule has 14 nitrogen and oxygen atoms in total. The molecule has 0 aromatic carbocycles. The van der Waals surface area contributed by atoms with Crippen LogP contribution in [0.4, 0.5) is 4.39 Å². The zero-order valence-electron chi connectivity index (χ0n) is 24.5. The molecule has 0 aliphatic carbocycles. The number of aromatic nitrogens is 2. The minimum atomic E-state index is -4.46. The van der Waals surface area contributed by atoms with E-state index >= 15 is 4.39 Å². The molecule has 1 unspecified atom stereocenters. The second-order valence-corrected chi connectivity index (χ2v) is 15.2. The molecule has 0 amide bonds. The molecule has 236 valence electrons. The van der Waals surface area contributed by atoms with Crippen molar-refractivity contribution in [2.75, 3.05) is 31.5 Å². The Labute approximate surface area is 251 Å². The van der Waals surface area contributed by atoms with E-state index in [1.165, 1.54) is 6.92 Å². The summed E-state index contributed by atoms with van der Waals surface area (Å²) in [4.78, 5) is 53.1. The van der Waals surface area contributed by atoms with Gasteiger partial charge in [0.1, 0.15) is 11.5 Å². The van der Waals surface area contributed by atoms with Crippen LogP contribution in [0.25, 0.3) is 10.4 Å². The fraction of sp³-hybridized carbons (Fsp3) is 0.750. The topological polar surface area (TPSA) is 192 Å². The number of hydrogen-bond acceptors (Lipinski definition) is 12. The number of hydrogen-bond donors (Lipinski definition) is 1. The van der Waals surface area contributed by atoms with Crippen LogP contribution in [0.3, 0.4) is 0 Å². The Morgan fingerprint density at radius 2 is 1.79 bits per heavy atom. The first kappa shape index (κ1) is 36.2. The second-order valence-electron chi connectivity index (χ2n) is 11.6. The summed E-state index contributed by atoms with van der Waals surface area (Å²) >= 11 is 1.72. The van der Waals surface area contributed by atoms with Crippen molar-refractivity contribution in [3.63, 3.8) is 0 Å². The van der Waals surface area contributed by atoms with E-state index in [0.717, 1.165) is 40.4 Å². The highest BCUT2D eigenvalue weighted by Crippen LogP contribution is 2.53. The summed E-state index contributed by atoms with van der Waals surface area (Å²) in [5.74, 6) is -1.36. The number of aromatic amines is 1. The fourth-order valence-electron chi connectivity index (χ4n) is 3.49. The van der Waals surface area contributed by atoms with E-state index in [4.69, 9.17) is 23.8 Å².